The highest BCUT2D eigenvalue weighted by Crippen LogP contribution is 2.28. The van der Waals surface area contributed by atoms with Gasteiger partial charge in [-0.15, -0.1) is 0 Å². The molecule has 26 heavy (non-hydrogen) atoms. The van der Waals surface area contributed by atoms with Crippen molar-refractivity contribution in [3.63, 3.8) is 0 Å². The van der Waals surface area contributed by atoms with Gasteiger partial charge in [-0.1, -0.05) is 0 Å². The summed E-state index contributed by atoms with van der Waals surface area (Å²) in [4.78, 5) is 18.2. The van der Waals surface area contributed by atoms with Gasteiger partial charge in [-0.05, 0) is 24.1 Å². The number of hydrogen-bond donors (Lipinski definition) is 0. The zero-order valence-corrected chi connectivity index (χ0v) is 13.8. The van der Waals surface area contributed by atoms with Gasteiger partial charge in [0.25, 0.3) is 0 Å². The Morgan fingerprint density at radius 1 is 1.19 bits per heavy atom. The summed E-state index contributed by atoms with van der Waals surface area (Å²) in [5.41, 5.74) is -0.343. The predicted molar refractivity (Wildman–Crippen MR) is 85.7 cm³/mol. The summed E-state index contributed by atoms with van der Waals surface area (Å²) in [6.45, 7) is 2.12. The average molecular weight is 367 g/mol. The van der Waals surface area contributed by atoms with Gasteiger partial charge in [0, 0.05) is 19.2 Å². The molecule has 2 aromatic rings. The number of ether oxygens (including phenoxy) is 2. The second kappa shape index (κ2) is 6.64. The quantitative estimate of drug-likeness (QED) is 0.775. The molecule has 0 saturated carbocycles. The molecule has 1 aromatic heterocycles. The Hall–Kier alpha value is -2.55. The molecule has 1 saturated heterocycles. The lowest BCUT2D eigenvalue weighted by Crippen LogP contribution is -2.51. The molecular weight excluding hydrogens is 351 g/mol. The molecule has 0 unspecified atom stereocenters. The van der Waals surface area contributed by atoms with Crippen LogP contribution in [0, 0.1) is 17.5 Å². The molecule has 3 heterocycles. The van der Waals surface area contributed by atoms with E-state index in [1.807, 2.05) is 0 Å². The fourth-order valence-electron chi connectivity index (χ4n) is 3.32. The van der Waals surface area contributed by atoms with Gasteiger partial charge >= 0.3 is 5.69 Å². The molecule has 1 aromatic carbocycles. The van der Waals surface area contributed by atoms with Gasteiger partial charge in [-0.2, -0.15) is 4.98 Å². The van der Waals surface area contributed by atoms with Crippen molar-refractivity contribution in [1.82, 2.24) is 9.55 Å². The Labute approximate surface area is 146 Å². The predicted octanol–water partition coefficient (Wildman–Crippen LogP) is 1.85. The molecule has 1 atom stereocenters. The third-order valence-electron chi connectivity index (χ3n) is 4.60. The van der Waals surface area contributed by atoms with Crippen molar-refractivity contribution in [2.75, 3.05) is 24.7 Å². The van der Waals surface area contributed by atoms with E-state index in [0.29, 0.717) is 32.1 Å². The topological polar surface area (TPSA) is 56.6 Å². The van der Waals surface area contributed by atoms with E-state index in [1.54, 1.807) is 10.6 Å². The standard InChI is InChI=1S/C17H16F3N3O3/c18-12-5-10(6-13(19)16(12)20)8-26-14-7-15-22-3-4-25-9-11(22)1-2-23(15)17(24)21-14/h5-7,11H,1-4,8-9H2/t11-/m0/s1. The number of rotatable bonds is 3. The van der Waals surface area contributed by atoms with E-state index in [4.69, 9.17) is 9.47 Å². The number of anilines is 1. The van der Waals surface area contributed by atoms with E-state index in [1.165, 1.54) is 0 Å². The maximum atomic E-state index is 13.3. The number of fused-ring (bicyclic) bond motifs is 3. The highest BCUT2D eigenvalue weighted by molar-refractivity contribution is 5.45. The summed E-state index contributed by atoms with van der Waals surface area (Å²) in [6.07, 6.45) is 0.795. The van der Waals surface area contributed by atoms with Gasteiger partial charge in [-0.3, -0.25) is 4.57 Å². The smallest absolute Gasteiger partial charge is 0.352 e. The number of benzene rings is 1. The van der Waals surface area contributed by atoms with Crippen LogP contribution in [0.25, 0.3) is 0 Å². The first-order valence-corrected chi connectivity index (χ1v) is 8.25. The molecule has 0 aliphatic carbocycles. The highest BCUT2D eigenvalue weighted by Gasteiger charge is 2.30. The van der Waals surface area contributed by atoms with Crippen LogP contribution in [0.2, 0.25) is 0 Å². The maximum Gasteiger partial charge on any atom is 0.352 e. The first kappa shape index (κ1) is 16.9. The molecule has 2 aliphatic heterocycles. The van der Waals surface area contributed by atoms with Crippen LogP contribution in [-0.4, -0.2) is 35.4 Å². The number of hydrogen-bond acceptors (Lipinski definition) is 5. The monoisotopic (exact) mass is 367 g/mol. The zero-order valence-electron chi connectivity index (χ0n) is 13.8. The highest BCUT2D eigenvalue weighted by atomic mass is 19.2. The largest absolute Gasteiger partial charge is 0.473 e. The summed E-state index contributed by atoms with van der Waals surface area (Å²) in [6, 6.07) is 3.53. The molecule has 0 spiro atoms. The van der Waals surface area contributed by atoms with Gasteiger partial charge in [0.1, 0.15) is 12.4 Å². The molecule has 4 rings (SSSR count). The van der Waals surface area contributed by atoms with E-state index in [0.717, 1.165) is 18.6 Å². The number of nitrogens with zero attached hydrogens (tertiary/aromatic N) is 3. The lowest BCUT2D eigenvalue weighted by atomic mass is 10.1. The lowest BCUT2D eigenvalue weighted by molar-refractivity contribution is 0.0847. The fraction of sp³-hybridized carbons (Fsp3) is 0.412. The first-order chi connectivity index (χ1) is 12.5. The zero-order chi connectivity index (χ0) is 18.3. The average Bonchev–Trinajstić information content (AvgIpc) is 2.64. The summed E-state index contributed by atoms with van der Waals surface area (Å²) in [5.74, 6) is -3.37. The van der Waals surface area contributed by atoms with Gasteiger partial charge < -0.3 is 14.4 Å². The molecule has 0 bridgehead atoms. The SMILES string of the molecule is O=c1nc(OCc2cc(F)c(F)c(F)c2)cc2n1CC[C@H]1COCCN21. The van der Waals surface area contributed by atoms with E-state index in [9.17, 15) is 18.0 Å². The fourth-order valence-corrected chi connectivity index (χ4v) is 3.32. The summed E-state index contributed by atoms with van der Waals surface area (Å²) in [7, 11) is 0. The number of aromatic nitrogens is 2. The molecule has 2 aliphatic rings. The minimum atomic E-state index is -1.53. The lowest BCUT2D eigenvalue weighted by Gasteiger charge is -2.41. The maximum absolute atomic E-state index is 13.3. The van der Waals surface area contributed by atoms with Crippen LogP contribution in [0.4, 0.5) is 19.0 Å². The van der Waals surface area contributed by atoms with Crippen molar-refractivity contribution in [2.45, 2.75) is 25.6 Å². The van der Waals surface area contributed by atoms with Crippen LogP contribution in [-0.2, 0) is 17.9 Å². The Morgan fingerprint density at radius 3 is 2.73 bits per heavy atom. The van der Waals surface area contributed by atoms with Crippen LogP contribution < -0.4 is 15.3 Å². The van der Waals surface area contributed by atoms with E-state index in [2.05, 4.69) is 9.88 Å². The summed E-state index contributed by atoms with van der Waals surface area (Å²) in [5, 5.41) is 0. The molecule has 6 nitrogen and oxygen atoms in total. The van der Waals surface area contributed by atoms with E-state index < -0.39 is 23.1 Å². The van der Waals surface area contributed by atoms with Crippen molar-refractivity contribution in [3.8, 4) is 5.88 Å². The van der Waals surface area contributed by atoms with Gasteiger partial charge in [0.05, 0.1) is 19.3 Å². The van der Waals surface area contributed by atoms with Gasteiger partial charge in [-0.25, -0.2) is 18.0 Å². The third-order valence-corrected chi connectivity index (χ3v) is 4.60. The molecule has 1 fully saturated rings. The van der Waals surface area contributed by atoms with E-state index >= 15 is 0 Å². The van der Waals surface area contributed by atoms with Crippen molar-refractivity contribution in [3.05, 3.63) is 51.7 Å². The Kier molecular flexibility index (Phi) is 4.31. The Morgan fingerprint density at radius 2 is 1.96 bits per heavy atom. The summed E-state index contributed by atoms with van der Waals surface area (Å²) >= 11 is 0. The normalized spacial score (nSPS) is 19.0. The van der Waals surface area contributed by atoms with Crippen LogP contribution in [0.3, 0.4) is 0 Å². The van der Waals surface area contributed by atoms with Crippen molar-refractivity contribution in [1.29, 1.82) is 0 Å². The molecule has 138 valence electrons. The first-order valence-electron chi connectivity index (χ1n) is 8.25. The minimum Gasteiger partial charge on any atom is -0.473 e. The number of morpholine rings is 1. The van der Waals surface area contributed by atoms with Crippen LogP contribution in [0.15, 0.2) is 23.0 Å². The third kappa shape index (κ3) is 3.03. The summed E-state index contributed by atoms with van der Waals surface area (Å²) < 4.78 is 52.1. The van der Waals surface area contributed by atoms with Crippen molar-refractivity contribution < 1.29 is 22.6 Å². The second-order valence-electron chi connectivity index (χ2n) is 6.26. The van der Waals surface area contributed by atoms with Gasteiger partial charge in [0.2, 0.25) is 5.88 Å². The minimum absolute atomic E-state index is 0.0542. The van der Waals surface area contributed by atoms with Crippen LogP contribution >= 0.6 is 0 Å². The Balaban J connectivity index is 1.58. The van der Waals surface area contributed by atoms with Crippen LogP contribution in [0.5, 0.6) is 5.88 Å². The van der Waals surface area contributed by atoms with Crippen LogP contribution in [0.1, 0.15) is 12.0 Å². The number of halogens is 3. The van der Waals surface area contributed by atoms with Crippen molar-refractivity contribution in [2.24, 2.45) is 0 Å². The second-order valence-corrected chi connectivity index (χ2v) is 6.26. The molecule has 0 amide bonds. The van der Waals surface area contributed by atoms with Gasteiger partial charge in [0.15, 0.2) is 17.5 Å². The molecule has 0 radical (unpaired) electrons. The molecule has 0 N–H and O–H groups in total. The van der Waals surface area contributed by atoms with Crippen molar-refractivity contribution >= 4 is 5.82 Å². The molecule has 9 heteroatoms. The van der Waals surface area contributed by atoms with E-state index in [-0.39, 0.29) is 24.1 Å². The Bertz CT molecular complexity index is 880. The molecular formula is C17H16F3N3O3.